The standard InChI is InChI=1S/C27H39NO5S/c1-18-16-24(19(2)20(3)25(18)29)33-15-7-12-28-13-10-22(11-14-28)34-17-21-8-9-23(30-4)27(32-6)26(21)31-5/h8-9,16,22,29H,7,10-15,17H2,1-6H3. The van der Waals surface area contributed by atoms with Gasteiger partial charge in [0.15, 0.2) is 11.5 Å². The number of phenols is 1. The zero-order valence-electron chi connectivity index (χ0n) is 21.4. The van der Waals surface area contributed by atoms with E-state index in [1.165, 1.54) is 12.8 Å². The van der Waals surface area contributed by atoms with Gasteiger partial charge in [-0.1, -0.05) is 6.07 Å². The number of methoxy groups -OCH3 is 3. The molecule has 7 heteroatoms. The van der Waals surface area contributed by atoms with E-state index in [1.54, 1.807) is 21.3 Å². The van der Waals surface area contributed by atoms with E-state index >= 15 is 0 Å². The van der Waals surface area contributed by atoms with E-state index in [0.717, 1.165) is 65.6 Å². The Labute approximate surface area is 208 Å². The lowest BCUT2D eigenvalue weighted by Gasteiger charge is -2.31. The Kier molecular flexibility index (Phi) is 9.65. The van der Waals surface area contributed by atoms with Crippen LogP contribution in [0.4, 0.5) is 0 Å². The molecule has 0 spiro atoms. The number of rotatable bonds is 11. The fourth-order valence-electron chi connectivity index (χ4n) is 4.44. The molecule has 1 N–H and O–H groups in total. The largest absolute Gasteiger partial charge is 0.507 e. The summed E-state index contributed by atoms with van der Waals surface area (Å²) in [7, 11) is 4.97. The summed E-state index contributed by atoms with van der Waals surface area (Å²) in [4.78, 5) is 2.54. The minimum atomic E-state index is 0.371. The molecule has 34 heavy (non-hydrogen) atoms. The molecule has 2 aromatic carbocycles. The molecule has 0 aromatic heterocycles. The first-order valence-electron chi connectivity index (χ1n) is 11.9. The first-order valence-corrected chi connectivity index (χ1v) is 13.0. The minimum absolute atomic E-state index is 0.371. The molecule has 0 saturated carbocycles. The SMILES string of the molecule is COc1ccc(CSC2CCN(CCCOc3cc(C)c(O)c(C)c3C)CC2)c(OC)c1OC. The number of aromatic hydroxyl groups is 1. The number of aryl methyl sites for hydroxylation is 1. The average Bonchev–Trinajstić information content (AvgIpc) is 2.86. The molecule has 1 fully saturated rings. The molecule has 1 aliphatic heterocycles. The van der Waals surface area contributed by atoms with Crippen LogP contribution in [-0.4, -0.2) is 62.8 Å². The van der Waals surface area contributed by atoms with Gasteiger partial charge in [0.2, 0.25) is 5.75 Å². The first kappa shape index (κ1) is 26.4. The Morgan fingerprint density at radius 3 is 2.29 bits per heavy atom. The number of hydrogen-bond acceptors (Lipinski definition) is 7. The van der Waals surface area contributed by atoms with Crippen LogP contribution in [0, 0.1) is 20.8 Å². The Bertz CT molecular complexity index is 957. The van der Waals surface area contributed by atoms with E-state index in [9.17, 15) is 5.11 Å². The molecule has 0 amide bonds. The van der Waals surface area contributed by atoms with Gasteiger partial charge >= 0.3 is 0 Å². The smallest absolute Gasteiger partial charge is 0.203 e. The predicted octanol–water partition coefficient (Wildman–Crippen LogP) is 5.51. The quantitative estimate of drug-likeness (QED) is 0.418. The number of phenolic OH excluding ortho intramolecular Hbond substituents is 1. The van der Waals surface area contributed by atoms with Gasteiger partial charge in [-0.25, -0.2) is 0 Å². The van der Waals surface area contributed by atoms with E-state index in [4.69, 9.17) is 18.9 Å². The van der Waals surface area contributed by atoms with Crippen molar-refractivity contribution in [2.45, 2.75) is 51.0 Å². The van der Waals surface area contributed by atoms with Gasteiger partial charge in [-0.2, -0.15) is 11.8 Å². The van der Waals surface area contributed by atoms with Gasteiger partial charge < -0.3 is 29.0 Å². The number of hydrogen-bond donors (Lipinski definition) is 1. The van der Waals surface area contributed by atoms with Crippen LogP contribution in [0.2, 0.25) is 0 Å². The summed E-state index contributed by atoms with van der Waals surface area (Å²) >= 11 is 2.00. The normalized spacial score (nSPS) is 14.8. The Balaban J connectivity index is 1.41. The van der Waals surface area contributed by atoms with E-state index in [1.807, 2.05) is 44.7 Å². The van der Waals surface area contributed by atoms with Gasteiger partial charge in [0.1, 0.15) is 11.5 Å². The zero-order chi connectivity index (χ0) is 24.7. The highest BCUT2D eigenvalue weighted by Gasteiger charge is 2.21. The van der Waals surface area contributed by atoms with Gasteiger partial charge in [-0.05, 0) is 81.9 Å². The molecule has 188 valence electrons. The van der Waals surface area contributed by atoms with Crippen LogP contribution in [-0.2, 0) is 5.75 Å². The summed E-state index contributed by atoms with van der Waals surface area (Å²) in [6.45, 7) is 9.85. The Morgan fingerprint density at radius 2 is 1.65 bits per heavy atom. The third-order valence-corrected chi connectivity index (χ3v) is 8.10. The molecular formula is C27H39NO5S. The van der Waals surface area contributed by atoms with Gasteiger partial charge in [0, 0.05) is 23.1 Å². The Morgan fingerprint density at radius 1 is 0.941 bits per heavy atom. The summed E-state index contributed by atoms with van der Waals surface area (Å²) in [5.74, 6) is 4.27. The molecule has 6 nitrogen and oxygen atoms in total. The maximum atomic E-state index is 10.1. The lowest BCUT2D eigenvalue weighted by Crippen LogP contribution is -2.36. The highest BCUT2D eigenvalue weighted by molar-refractivity contribution is 7.99. The minimum Gasteiger partial charge on any atom is -0.507 e. The fourth-order valence-corrected chi connectivity index (χ4v) is 5.62. The molecule has 0 unspecified atom stereocenters. The van der Waals surface area contributed by atoms with Crippen molar-refractivity contribution in [3.8, 4) is 28.7 Å². The number of likely N-dealkylation sites (tertiary alicyclic amines) is 1. The highest BCUT2D eigenvalue weighted by Crippen LogP contribution is 2.42. The van der Waals surface area contributed by atoms with Crippen molar-refractivity contribution in [3.63, 3.8) is 0 Å². The number of nitrogens with zero attached hydrogens (tertiary/aromatic N) is 1. The molecule has 1 heterocycles. The van der Waals surface area contributed by atoms with Crippen LogP contribution in [0.5, 0.6) is 28.7 Å². The van der Waals surface area contributed by atoms with Crippen LogP contribution < -0.4 is 18.9 Å². The number of benzene rings is 2. The van der Waals surface area contributed by atoms with E-state index < -0.39 is 0 Å². The van der Waals surface area contributed by atoms with Crippen molar-refractivity contribution in [1.82, 2.24) is 4.90 Å². The average molecular weight is 490 g/mol. The van der Waals surface area contributed by atoms with Crippen LogP contribution >= 0.6 is 11.8 Å². The zero-order valence-corrected chi connectivity index (χ0v) is 22.2. The maximum absolute atomic E-state index is 10.1. The van der Waals surface area contributed by atoms with Crippen molar-refractivity contribution in [1.29, 1.82) is 0 Å². The molecule has 0 radical (unpaired) electrons. The van der Waals surface area contributed by atoms with Crippen molar-refractivity contribution in [3.05, 3.63) is 40.5 Å². The van der Waals surface area contributed by atoms with Crippen LogP contribution in [0.15, 0.2) is 18.2 Å². The second-order valence-corrected chi connectivity index (χ2v) is 10.1. The molecule has 0 aliphatic carbocycles. The fraction of sp³-hybridized carbons (Fsp3) is 0.556. The van der Waals surface area contributed by atoms with E-state index in [0.29, 0.717) is 29.1 Å². The third-order valence-electron chi connectivity index (χ3n) is 6.68. The number of piperidine rings is 1. The summed E-state index contributed by atoms with van der Waals surface area (Å²) in [6, 6.07) is 5.96. The van der Waals surface area contributed by atoms with Crippen LogP contribution in [0.3, 0.4) is 0 Å². The molecule has 1 aliphatic rings. The first-order chi connectivity index (χ1) is 16.4. The summed E-state index contributed by atoms with van der Waals surface area (Å²) in [5, 5.41) is 10.7. The number of thioether (sulfide) groups is 1. The van der Waals surface area contributed by atoms with Crippen molar-refractivity contribution >= 4 is 11.8 Å². The lowest BCUT2D eigenvalue weighted by atomic mass is 10.0. The van der Waals surface area contributed by atoms with E-state index in [2.05, 4.69) is 11.0 Å². The second-order valence-electron chi connectivity index (χ2n) is 8.84. The third kappa shape index (κ3) is 6.25. The highest BCUT2D eigenvalue weighted by atomic mass is 32.2. The topological polar surface area (TPSA) is 60.4 Å². The molecule has 0 bridgehead atoms. The monoisotopic (exact) mass is 489 g/mol. The van der Waals surface area contributed by atoms with Crippen molar-refractivity contribution in [2.24, 2.45) is 0 Å². The molecule has 0 atom stereocenters. The van der Waals surface area contributed by atoms with Crippen molar-refractivity contribution in [2.75, 3.05) is 47.6 Å². The van der Waals surface area contributed by atoms with Crippen molar-refractivity contribution < 1.29 is 24.1 Å². The molecule has 1 saturated heterocycles. The van der Waals surface area contributed by atoms with E-state index in [-0.39, 0.29) is 0 Å². The van der Waals surface area contributed by atoms with Gasteiger partial charge in [-0.15, -0.1) is 0 Å². The second kappa shape index (κ2) is 12.5. The van der Waals surface area contributed by atoms with Gasteiger partial charge in [0.25, 0.3) is 0 Å². The maximum Gasteiger partial charge on any atom is 0.203 e. The molecular weight excluding hydrogens is 450 g/mol. The van der Waals surface area contributed by atoms with Crippen LogP contribution in [0.25, 0.3) is 0 Å². The molecule has 2 aromatic rings. The van der Waals surface area contributed by atoms with Crippen LogP contribution in [0.1, 0.15) is 41.5 Å². The summed E-state index contributed by atoms with van der Waals surface area (Å²) in [6.07, 6.45) is 3.38. The van der Waals surface area contributed by atoms with Gasteiger partial charge in [-0.3, -0.25) is 0 Å². The van der Waals surface area contributed by atoms with Gasteiger partial charge in [0.05, 0.1) is 27.9 Å². The predicted molar refractivity (Wildman–Crippen MR) is 139 cm³/mol. The number of ether oxygens (including phenoxy) is 4. The Hall–Kier alpha value is -2.25. The molecule has 3 rings (SSSR count). The summed E-state index contributed by atoms with van der Waals surface area (Å²) < 4.78 is 22.6. The lowest BCUT2D eigenvalue weighted by molar-refractivity contribution is 0.207. The summed E-state index contributed by atoms with van der Waals surface area (Å²) in [5.41, 5.74) is 3.93.